The summed E-state index contributed by atoms with van der Waals surface area (Å²) in [6.45, 7) is 9.93. The molecule has 0 saturated heterocycles. The average molecular weight is 240 g/mol. The van der Waals surface area contributed by atoms with Crippen LogP contribution in [-0.4, -0.2) is 18.7 Å². The van der Waals surface area contributed by atoms with Gasteiger partial charge in [0.15, 0.2) is 5.76 Å². The molecule has 0 aliphatic heterocycles. The van der Waals surface area contributed by atoms with Gasteiger partial charge in [-0.05, 0) is 32.3 Å². The number of rotatable bonds is 3. The molecule has 1 saturated carbocycles. The molecule has 0 aromatic rings. The van der Waals surface area contributed by atoms with Crippen molar-refractivity contribution in [2.75, 3.05) is 7.11 Å². The van der Waals surface area contributed by atoms with Crippen LogP contribution in [0.25, 0.3) is 0 Å². The van der Waals surface area contributed by atoms with Gasteiger partial charge in [0.25, 0.3) is 0 Å². The van der Waals surface area contributed by atoms with Crippen molar-refractivity contribution < 1.29 is 14.3 Å². The molecule has 0 radical (unpaired) electrons. The fourth-order valence-electron chi connectivity index (χ4n) is 2.45. The monoisotopic (exact) mass is 240 g/mol. The van der Waals surface area contributed by atoms with Crippen LogP contribution in [-0.2, 0) is 14.3 Å². The third kappa shape index (κ3) is 3.02. The molecule has 0 spiro atoms. The van der Waals surface area contributed by atoms with Crippen molar-refractivity contribution in [2.45, 2.75) is 58.5 Å². The highest BCUT2D eigenvalue weighted by Crippen LogP contribution is 2.45. The number of carbonyl (C=O) groups is 1. The Morgan fingerprint density at radius 2 is 1.71 bits per heavy atom. The second kappa shape index (κ2) is 5.11. The van der Waals surface area contributed by atoms with Gasteiger partial charge >= 0.3 is 5.97 Å². The normalized spacial score (nSPS) is 19.5. The molecule has 1 rings (SSSR count). The van der Waals surface area contributed by atoms with Gasteiger partial charge in [-0.2, -0.15) is 0 Å². The van der Waals surface area contributed by atoms with Crippen LogP contribution < -0.4 is 0 Å². The molecule has 1 aliphatic rings. The van der Waals surface area contributed by atoms with Gasteiger partial charge in [0.05, 0.1) is 7.11 Å². The fraction of sp³-hybridized carbons (Fsp3) is 0.786. The second-order valence-corrected chi connectivity index (χ2v) is 5.82. The Bertz CT molecular complexity index is 293. The smallest absolute Gasteiger partial charge is 0.373 e. The van der Waals surface area contributed by atoms with E-state index in [1.165, 1.54) is 13.5 Å². The van der Waals surface area contributed by atoms with E-state index >= 15 is 0 Å². The highest BCUT2D eigenvalue weighted by molar-refractivity contribution is 5.85. The lowest BCUT2D eigenvalue weighted by atomic mass is 9.68. The summed E-state index contributed by atoms with van der Waals surface area (Å²) in [5, 5.41) is 0. The lowest BCUT2D eigenvalue weighted by Gasteiger charge is -2.46. The molecule has 17 heavy (non-hydrogen) atoms. The Kier molecular flexibility index (Phi) is 4.23. The van der Waals surface area contributed by atoms with Crippen LogP contribution in [0.3, 0.4) is 0 Å². The maximum atomic E-state index is 11.8. The Hall–Kier alpha value is -0.990. The Morgan fingerprint density at radius 1 is 1.18 bits per heavy atom. The molecule has 3 heteroatoms. The minimum Gasteiger partial charge on any atom is -0.490 e. The van der Waals surface area contributed by atoms with Crippen molar-refractivity contribution in [3.8, 4) is 0 Å². The van der Waals surface area contributed by atoms with Crippen molar-refractivity contribution >= 4 is 5.97 Å². The van der Waals surface area contributed by atoms with Crippen molar-refractivity contribution in [1.82, 2.24) is 0 Å². The molecule has 0 N–H and O–H groups in total. The van der Waals surface area contributed by atoms with Crippen LogP contribution in [0.15, 0.2) is 12.3 Å². The summed E-state index contributed by atoms with van der Waals surface area (Å²) in [6, 6.07) is 0. The zero-order valence-corrected chi connectivity index (χ0v) is 11.5. The first-order valence-electron chi connectivity index (χ1n) is 6.29. The van der Waals surface area contributed by atoms with Crippen molar-refractivity contribution in [3.05, 3.63) is 12.3 Å². The number of hydrogen-bond acceptors (Lipinski definition) is 3. The molecule has 0 aromatic carbocycles. The summed E-state index contributed by atoms with van der Waals surface area (Å²) in [4.78, 5) is 11.8. The number of ether oxygens (including phenoxy) is 2. The topological polar surface area (TPSA) is 35.5 Å². The van der Waals surface area contributed by atoms with E-state index in [1.807, 2.05) is 0 Å². The SMILES string of the molecule is C=C(OC)C(=O)OC1(C(C)(C)C)CCCCC1. The van der Waals surface area contributed by atoms with Crippen LogP contribution in [0.4, 0.5) is 0 Å². The van der Waals surface area contributed by atoms with E-state index in [0.29, 0.717) is 0 Å². The zero-order chi connectivity index (χ0) is 13.1. The predicted octanol–water partition coefficient (Wildman–Crippen LogP) is 3.44. The summed E-state index contributed by atoms with van der Waals surface area (Å²) < 4.78 is 10.6. The minimum atomic E-state index is -0.427. The van der Waals surface area contributed by atoms with Crippen LogP contribution >= 0.6 is 0 Å². The van der Waals surface area contributed by atoms with E-state index in [9.17, 15) is 4.79 Å². The molecule has 3 nitrogen and oxygen atoms in total. The van der Waals surface area contributed by atoms with E-state index in [0.717, 1.165) is 25.7 Å². The summed E-state index contributed by atoms with van der Waals surface area (Å²) in [5.74, 6) is -0.344. The highest BCUT2D eigenvalue weighted by Gasteiger charge is 2.46. The van der Waals surface area contributed by atoms with Gasteiger partial charge in [0, 0.05) is 5.41 Å². The highest BCUT2D eigenvalue weighted by atomic mass is 16.6. The van der Waals surface area contributed by atoms with Gasteiger partial charge in [-0.15, -0.1) is 0 Å². The zero-order valence-electron chi connectivity index (χ0n) is 11.5. The Morgan fingerprint density at radius 3 is 2.12 bits per heavy atom. The predicted molar refractivity (Wildman–Crippen MR) is 67.5 cm³/mol. The van der Waals surface area contributed by atoms with E-state index in [1.54, 1.807) is 0 Å². The van der Waals surface area contributed by atoms with Crippen LogP contribution in [0, 0.1) is 5.41 Å². The standard InChI is InChI=1S/C14H24O3/c1-11(16-5)12(15)17-14(13(2,3)4)9-7-6-8-10-14/h1,6-10H2,2-5H3. The molecular formula is C14H24O3. The summed E-state index contributed by atoms with van der Waals surface area (Å²) >= 11 is 0. The van der Waals surface area contributed by atoms with Crippen molar-refractivity contribution in [1.29, 1.82) is 0 Å². The van der Waals surface area contributed by atoms with E-state index in [2.05, 4.69) is 27.4 Å². The Balaban J connectivity index is 2.85. The molecule has 0 unspecified atom stereocenters. The van der Waals surface area contributed by atoms with Crippen LogP contribution in [0.5, 0.6) is 0 Å². The summed E-state index contributed by atoms with van der Waals surface area (Å²) in [6.07, 6.45) is 5.31. The molecule has 98 valence electrons. The van der Waals surface area contributed by atoms with Crippen LogP contribution in [0.2, 0.25) is 0 Å². The number of methoxy groups -OCH3 is 1. The lowest BCUT2D eigenvalue weighted by molar-refractivity contribution is -0.178. The van der Waals surface area contributed by atoms with E-state index in [4.69, 9.17) is 9.47 Å². The minimum absolute atomic E-state index is 0.0584. The van der Waals surface area contributed by atoms with Gasteiger partial charge < -0.3 is 9.47 Å². The summed E-state index contributed by atoms with van der Waals surface area (Å²) in [7, 11) is 1.44. The molecule has 0 amide bonds. The molecule has 0 aromatic heterocycles. The first kappa shape index (κ1) is 14.1. The molecule has 0 atom stereocenters. The maximum absolute atomic E-state index is 11.8. The fourth-order valence-corrected chi connectivity index (χ4v) is 2.45. The largest absolute Gasteiger partial charge is 0.490 e. The first-order valence-corrected chi connectivity index (χ1v) is 6.29. The molecule has 1 fully saturated rings. The maximum Gasteiger partial charge on any atom is 0.373 e. The average Bonchev–Trinajstić information content (AvgIpc) is 2.27. The quantitative estimate of drug-likeness (QED) is 0.430. The lowest BCUT2D eigenvalue weighted by Crippen LogP contribution is -2.48. The van der Waals surface area contributed by atoms with Crippen molar-refractivity contribution in [2.24, 2.45) is 5.41 Å². The number of esters is 1. The number of hydrogen-bond donors (Lipinski definition) is 0. The van der Waals surface area contributed by atoms with Gasteiger partial charge in [-0.1, -0.05) is 27.2 Å². The third-order valence-electron chi connectivity index (χ3n) is 3.79. The molecule has 0 heterocycles. The van der Waals surface area contributed by atoms with E-state index < -0.39 is 5.97 Å². The van der Waals surface area contributed by atoms with Gasteiger partial charge in [0.2, 0.25) is 0 Å². The molecule has 0 bridgehead atoms. The first-order chi connectivity index (χ1) is 7.82. The van der Waals surface area contributed by atoms with Crippen LogP contribution in [0.1, 0.15) is 52.9 Å². The number of carbonyl (C=O) groups excluding carboxylic acids is 1. The van der Waals surface area contributed by atoms with Crippen molar-refractivity contribution in [3.63, 3.8) is 0 Å². The Labute approximate surface area is 104 Å². The molecule has 1 aliphatic carbocycles. The molecular weight excluding hydrogens is 216 g/mol. The van der Waals surface area contributed by atoms with Gasteiger partial charge in [-0.25, -0.2) is 4.79 Å². The second-order valence-electron chi connectivity index (χ2n) is 5.82. The van der Waals surface area contributed by atoms with Gasteiger partial charge in [-0.3, -0.25) is 0 Å². The summed E-state index contributed by atoms with van der Waals surface area (Å²) in [5.41, 5.74) is -0.430. The van der Waals surface area contributed by atoms with Gasteiger partial charge in [0.1, 0.15) is 5.60 Å². The van der Waals surface area contributed by atoms with E-state index in [-0.39, 0.29) is 16.8 Å². The third-order valence-corrected chi connectivity index (χ3v) is 3.79.